The third kappa shape index (κ3) is 5.69. The Balaban J connectivity index is 1.69. The minimum Gasteiger partial charge on any atom is -0.379 e. The number of carbonyl (C=O) groups excluding carboxylic acids is 1. The molecule has 1 aliphatic heterocycles. The molecule has 0 saturated carbocycles. The molecule has 1 unspecified atom stereocenters. The summed E-state index contributed by atoms with van der Waals surface area (Å²) in [7, 11) is 0. The van der Waals surface area contributed by atoms with Crippen molar-refractivity contribution in [2.24, 2.45) is 0 Å². The summed E-state index contributed by atoms with van der Waals surface area (Å²) in [5.74, 6) is -0.707. The first-order valence-electron chi connectivity index (χ1n) is 9.31. The first-order valence-corrected chi connectivity index (χ1v) is 9.31. The van der Waals surface area contributed by atoms with Crippen LogP contribution in [0.2, 0.25) is 0 Å². The van der Waals surface area contributed by atoms with Crippen molar-refractivity contribution < 1.29 is 18.8 Å². The van der Waals surface area contributed by atoms with Gasteiger partial charge in [0.2, 0.25) is 5.91 Å². The van der Waals surface area contributed by atoms with Crippen LogP contribution in [-0.4, -0.2) is 48.6 Å². The van der Waals surface area contributed by atoms with Crippen LogP contribution < -0.4 is 5.32 Å². The van der Waals surface area contributed by atoms with Gasteiger partial charge in [0.25, 0.3) is 5.69 Å². The van der Waals surface area contributed by atoms with Crippen LogP contribution in [0.15, 0.2) is 54.6 Å². The highest BCUT2D eigenvalue weighted by atomic mass is 19.1. The van der Waals surface area contributed by atoms with Crippen LogP contribution in [0.4, 0.5) is 10.1 Å². The Morgan fingerprint density at radius 2 is 2.00 bits per heavy atom. The third-order valence-corrected chi connectivity index (χ3v) is 4.74. The molecule has 2 aromatic carbocycles. The van der Waals surface area contributed by atoms with Gasteiger partial charge >= 0.3 is 0 Å². The average molecular weight is 399 g/mol. The lowest BCUT2D eigenvalue weighted by molar-refractivity contribution is -0.385. The molecule has 1 saturated heterocycles. The van der Waals surface area contributed by atoms with Gasteiger partial charge in [-0.05, 0) is 29.8 Å². The number of nitro benzene ring substituents is 1. The van der Waals surface area contributed by atoms with Crippen molar-refractivity contribution in [2.75, 3.05) is 32.8 Å². The predicted molar refractivity (Wildman–Crippen MR) is 107 cm³/mol. The Labute approximate surface area is 167 Å². The summed E-state index contributed by atoms with van der Waals surface area (Å²) < 4.78 is 19.1. The number of hydrogen-bond donors (Lipinski definition) is 1. The molecule has 1 N–H and O–H groups in total. The number of rotatable bonds is 7. The van der Waals surface area contributed by atoms with E-state index in [1.54, 1.807) is 24.3 Å². The lowest BCUT2D eigenvalue weighted by Gasteiger charge is -2.34. The van der Waals surface area contributed by atoms with Crippen molar-refractivity contribution in [1.82, 2.24) is 10.2 Å². The number of nitro groups is 1. The van der Waals surface area contributed by atoms with Gasteiger partial charge in [-0.1, -0.05) is 24.3 Å². The fraction of sp³-hybridized carbons (Fsp3) is 0.286. The van der Waals surface area contributed by atoms with Crippen molar-refractivity contribution in [3.8, 4) is 0 Å². The molecule has 2 aromatic rings. The van der Waals surface area contributed by atoms with E-state index in [2.05, 4.69) is 10.2 Å². The Morgan fingerprint density at radius 3 is 2.72 bits per heavy atom. The molecular formula is C21H22FN3O4. The summed E-state index contributed by atoms with van der Waals surface area (Å²) in [6, 6.07) is 12.3. The van der Waals surface area contributed by atoms with Gasteiger partial charge in [0, 0.05) is 31.8 Å². The van der Waals surface area contributed by atoms with E-state index < -0.39 is 4.92 Å². The topological polar surface area (TPSA) is 84.7 Å². The van der Waals surface area contributed by atoms with Crippen LogP contribution in [0.1, 0.15) is 17.2 Å². The molecule has 0 aliphatic carbocycles. The second kappa shape index (κ2) is 9.90. The molecule has 8 heteroatoms. The van der Waals surface area contributed by atoms with E-state index in [1.807, 2.05) is 6.07 Å². The van der Waals surface area contributed by atoms with E-state index in [0.29, 0.717) is 31.9 Å². The Morgan fingerprint density at radius 1 is 1.24 bits per heavy atom. The fourth-order valence-corrected chi connectivity index (χ4v) is 3.28. The van der Waals surface area contributed by atoms with Crippen molar-refractivity contribution in [2.45, 2.75) is 6.04 Å². The van der Waals surface area contributed by atoms with Crippen molar-refractivity contribution >= 4 is 17.7 Å². The SMILES string of the molecule is O=C(/C=C/c1ccccc1[N+](=O)[O-])NCC(c1cccc(F)c1)N1CCOCC1. The van der Waals surface area contributed by atoms with Crippen LogP contribution in [0.3, 0.4) is 0 Å². The number of nitrogens with zero attached hydrogens (tertiary/aromatic N) is 2. The monoisotopic (exact) mass is 399 g/mol. The number of benzene rings is 2. The van der Waals surface area contributed by atoms with Gasteiger partial charge in [-0.3, -0.25) is 19.8 Å². The minimum atomic E-state index is -0.490. The van der Waals surface area contributed by atoms with Crippen LogP contribution >= 0.6 is 0 Å². The fourth-order valence-electron chi connectivity index (χ4n) is 3.28. The maximum Gasteiger partial charge on any atom is 0.276 e. The average Bonchev–Trinajstić information content (AvgIpc) is 2.73. The summed E-state index contributed by atoms with van der Waals surface area (Å²) in [6.45, 7) is 2.81. The largest absolute Gasteiger partial charge is 0.379 e. The molecule has 29 heavy (non-hydrogen) atoms. The molecule has 3 rings (SSSR count). The lowest BCUT2D eigenvalue weighted by atomic mass is 10.0. The highest BCUT2D eigenvalue weighted by Gasteiger charge is 2.23. The number of para-hydroxylation sites is 1. The molecular weight excluding hydrogens is 377 g/mol. The number of ether oxygens (including phenoxy) is 1. The zero-order valence-electron chi connectivity index (χ0n) is 15.8. The predicted octanol–water partition coefficient (Wildman–Crippen LogP) is 2.94. The molecule has 1 atom stereocenters. The highest BCUT2D eigenvalue weighted by molar-refractivity contribution is 5.92. The standard InChI is InChI=1S/C21H22FN3O4/c22-18-6-3-5-17(14-18)20(24-10-12-29-13-11-24)15-23-21(26)9-8-16-4-1-2-7-19(16)25(27)28/h1-9,14,20H,10-13,15H2,(H,23,26)/b9-8+. The first kappa shape index (κ1) is 20.6. The second-order valence-electron chi connectivity index (χ2n) is 6.61. The number of nitrogens with one attached hydrogen (secondary N) is 1. The van der Waals surface area contributed by atoms with Crippen LogP contribution in [0.25, 0.3) is 6.08 Å². The van der Waals surface area contributed by atoms with E-state index >= 15 is 0 Å². The molecule has 0 bridgehead atoms. The van der Waals surface area contributed by atoms with Gasteiger partial charge in [0.1, 0.15) is 5.82 Å². The van der Waals surface area contributed by atoms with E-state index in [4.69, 9.17) is 4.74 Å². The summed E-state index contributed by atoms with van der Waals surface area (Å²) in [5.41, 5.74) is 1.06. The van der Waals surface area contributed by atoms with Crippen molar-refractivity contribution in [3.63, 3.8) is 0 Å². The maximum absolute atomic E-state index is 13.7. The number of morpholine rings is 1. The Hall–Kier alpha value is -3.10. The van der Waals surface area contributed by atoms with E-state index in [0.717, 1.165) is 5.56 Å². The van der Waals surface area contributed by atoms with Gasteiger partial charge in [0.05, 0.1) is 29.7 Å². The van der Waals surface area contributed by atoms with Gasteiger partial charge in [-0.25, -0.2) is 4.39 Å². The highest BCUT2D eigenvalue weighted by Crippen LogP contribution is 2.22. The van der Waals surface area contributed by atoms with Crippen LogP contribution in [0.5, 0.6) is 0 Å². The van der Waals surface area contributed by atoms with E-state index in [1.165, 1.54) is 30.4 Å². The van der Waals surface area contributed by atoms with Crippen LogP contribution in [-0.2, 0) is 9.53 Å². The first-order chi connectivity index (χ1) is 14.0. The van der Waals surface area contributed by atoms with Crippen molar-refractivity contribution in [3.05, 3.63) is 81.7 Å². The van der Waals surface area contributed by atoms with E-state index in [9.17, 15) is 19.3 Å². The molecule has 1 aliphatic rings. The molecule has 7 nitrogen and oxygen atoms in total. The molecule has 0 radical (unpaired) electrons. The Kier molecular flexibility index (Phi) is 7.04. The summed E-state index contributed by atoms with van der Waals surface area (Å²) >= 11 is 0. The molecule has 1 fully saturated rings. The third-order valence-electron chi connectivity index (χ3n) is 4.74. The zero-order valence-corrected chi connectivity index (χ0v) is 15.8. The molecule has 0 aromatic heterocycles. The van der Waals surface area contributed by atoms with Gasteiger partial charge in [0.15, 0.2) is 0 Å². The number of amides is 1. The normalized spacial score (nSPS) is 15.9. The van der Waals surface area contributed by atoms with Crippen LogP contribution in [0, 0.1) is 15.9 Å². The summed E-state index contributed by atoms with van der Waals surface area (Å²) in [5, 5.41) is 13.9. The number of hydrogen-bond acceptors (Lipinski definition) is 5. The molecule has 152 valence electrons. The minimum absolute atomic E-state index is 0.0671. The quantitative estimate of drug-likeness (QED) is 0.440. The number of halogens is 1. The maximum atomic E-state index is 13.7. The zero-order chi connectivity index (χ0) is 20.6. The summed E-state index contributed by atoms with van der Waals surface area (Å²) in [6.07, 6.45) is 2.68. The lowest BCUT2D eigenvalue weighted by Crippen LogP contribution is -2.43. The second-order valence-corrected chi connectivity index (χ2v) is 6.61. The molecule has 1 heterocycles. The van der Waals surface area contributed by atoms with E-state index in [-0.39, 0.29) is 30.0 Å². The van der Waals surface area contributed by atoms with Gasteiger partial charge in [-0.15, -0.1) is 0 Å². The van der Waals surface area contributed by atoms with Gasteiger partial charge < -0.3 is 10.1 Å². The van der Waals surface area contributed by atoms with Crippen molar-refractivity contribution in [1.29, 1.82) is 0 Å². The van der Waals surface area contributed by atoms with Gasteiger partial charge in [-0.2, -0.15) is 0 Å². The summed E-state index contributed by atoms with van der Waals surface area (Å²) in [4.78, 5) is 25.0. The molecule has 1 amide bonds. The molecule has 0 spiro atoms. The Bertz CT molecular complexity index is 897. The smallest absolute Gasteiger partial charge is 0.276 e. The number of carbonyl (C=O) groups is 1.